The molecule has 1 heterocycles. The molecular formula is C21H16Cl3F2N3O4. The molecule has 1 aliphatic heterocycles. The first-order chi connectivity index (χ1) is 15.6. The molecule has 0 radical (unpaired) electrons. The van der Waals surface area contributed by atoms with Crippen LogP contribution < -0.4 is 16.0 Å². The third-order valence-corrected chi connectivity index (χ3v) is 6.37. The molecule has 0 aromatic heterocycles. The van der Waals surface area contributed by atoms with Crippen molar-refractivity contribution in [3.05, 3.63) is 52.6 Å². The molecule has 1 saturated heterocycles. The highest BCUT2D eigenvalue weighted by Gasteiger charge is 2.56. The van der Waals surface area contributed by atoms with Crippen molar-refractivity contribution in [2.45, 2.75) is 23.3 Å². The molecule has 3 N–H and O–H groups in total. The normalized spacial score (nSPS) is 20.4. The zero-order chi connectivity index (χ0) is 23.9. The molecule has 0 bridgehead atoms. The highest BCUT2D eigenvalue weighted by Crippen LogP contribution is 2.53. The standard InChI is InChI=1S/C21H16Cl3F2N3O4/c22-12-2-1-9(27-19(31)11-8-21(11,23)24)7-10(12)18(30)28-14-4-3-13(25)17(16(14)26)29-20(32)15-5-6-33-15/h1-4,7,11,15H,5-6,8H2,(H,27,31)(H,28,30)(H,29,32)/t11-,15?/m1/s1. The highest BCUT2D eigenvalue weighted by molar-refractivity contribution is 6.52. The number of hydrogen-bond acceptors (Lipinski definition) is 4. The van der Waals surface area contributed by atoms with Crippen molar-refractivity contribution in [1.29, 1.82) is 0 Å². The van der Waals surface area contributed by atoms with E-state index in [0.717, 1.165) is 12.1 Å². The van der Waals surface area contributed by atoms with E-state index in [1.165, 1.54) is 18.2 Å². The number of hydrogen-bond donors (Lipinski definition) is 3. The van der Waals surface area contributed by atoms with Crippen molar-refractivity contribution in [2.24, 2.45) is 5.92 Å². The Labute approximate surface area is 201 Å². The van der Waals surface area contributed by atoms with Crippen molar-refractivity contribution in [3.63, 3.8) is 0 Å². The average Bonchev–Trinajstić information content (AvgIpc) is 3.36. The van der Waals surface area contributed by atoms with Crippen molar-refractivity contribution >= 4 is 69.6 Å². The lowest BCUT2D eigenvalue weighted by molar-refractivity contribution is -0.139. The molecule has 2 aliphatic rings. The van der Waals surface area contributed by atoms with Gasteiger partial charge in [-0.15, -0.1) is 23.2 Å². The number of benzene rings is 2. The summed E-state index contributed by atoms with van der Waals surface area (Å²) in [6, 6.07) is 6.04. The molecule has 2 atom stereocenters. The summed E-state index contributed by atoms with van der Waals surface area (Å²) in [6.07, 6.45) is -0.0375. The lowest BCUT2D eigenvalue weighted by Crippen LogP contribution is -2.39. The average molecular weight is 519 g/mol. The fourth-order valence-corrected chi connectivity index (χ4v) is 3.81. The molecule has 12 heteroatoms. The van der Waals surface area contributed by atoms with Gasteiger partial charge in [-0.1, -0.05) is 11.6 Å². The maximum Gasteiger partial charge on any atom is 0.257 e. The zero-order valence-electron chi connectivity index (χ0n) is 16.7. The molecule has 7 nitrogen and oxygen atoms in total. The van der Waals surface area contributed by atoms with E-state index in [0.29, 0.717) is 19.4 Å². The minimum absolute atomic E-state index is 0.0270. The van der Waals surface area contributed by atoms with Crippen molar-refractivity contribution < 1.29 is 27.9 Å². The number of carbonyl (C=O) groups excluding carboxylic acids is 3. The first kappa shape index (κ1) is 23.7. The lowest BCUT2D eigenvalue weighted by atomic mass is 10.1. The van der Waals surface area contributed by atoms with Gasteiger partial charge in [0.05, 0.1) is 28.8 Å². The van der Waals surface area contributed by atoms with Crippen LogP contribution in [-0.2, 0) is 14.3 Å². The van der Waals surface area contributed by atoms with Crippen LogP contribution in [0.2, 0.25) is 5.02 Å². The number of nitrogens with one attached hydrogen (secondary N) is 3. The summed E-state index contributed by atoms with van der Waals surface area (Å²) < 4.78 is 32.8. The van der Waals surface area contributed by atoms with Crippen LogP contribution in [0.4, 0.5) is 25.8 Å². The van der Waals surface area contributed by atoms with Gasteiger partial charge < -0.3 is 20.7 Å². The van der Waals surface area contributed by atoms with E-state index < -0.39 is 51.4 Å². The number of amides is 3. The van der Waals surface area contributed by atoms with Gasteiger partial charge in [0, 0.05) is 12.1 Å². The predicted octanol–water partition coefficient (Wildman–Crippen LogP) is 4.73. The molecule has 174 valence electrons. The molecule has 2 aromatic rings. The third-order valence-electron chi connectivity index (χ3n) is 5.20. The summed E-state index contributed by atoms with van der Waals surface area (Å²) in [5.74, 6) is -4.71. The van der Waals surface area contributed by atoms with Crippen molar-refractivity contribution in [1.82, 2.24) is 0 Å². The third kappa shape index (κ3) is 5.06. The molecule has 2 aromatic carbocycles. The second kappa shape index (κ2) is 9.06. The van der Waals surface area contributed by atoms with Gasteiger partial charge in [-0.3, -0.25) is 14.4 Å². The van der Waals surface area contributed by atoms with E-state index >= 15 is 0 Å². The Morgan fingerprint density at radius 3 is 2.33 bits per heavy atom. The monoisotopic (exact) mass is 517 g/mol. The minimum atomic E-state index is -1.18. The quantitative estimate of drug-likeness (QED) is 0.482. The van der Waals surface area contributed by atoms with E-state index in [-0.39, 0.29) is 22.0 Å². The Morgan fingerprint density at radius 2 is 1.73 bits per heavy atom. The minimum Gasteiger partial charge on any atom is -0.368 e. The first-order valence-corrected chi connectivity index (χ1v) is 10.9. The zero-order valence-corrected chi connectivity index (χ0v) is 19.0. The number of ether oxygens (including phenoxy) is 1. The van der Waals surface area contributed by atoms with E-state index in [9.17, 15) is 23.2 Å². The van der Waals surface area contributed by atoms with Gasteiger partial charge in [-0.05, 0) is 36.8 Å². The number of rotatable bonds is 6. The molecule has 3 amide bonds. The SMILES string of the molecule is O=C(Nc1ccc(F)c(NC(=O)C2CCO2)c1F)c1cc(NC(=O)[C@H]2CC2(Cl)Cl)ccc1Cl. The summed E-state index contributed by atoms with van der Waals surface area (Å²) in [4.78, 5) is 36.9. The van der Waals surface area contributed by atoms with Crippen LogP contribution in [0.25, 0.3) is 0 Å². The van der Waals surface area contributed by atoms with Crippen molar-refractivity contribution in [3.8, 4) is 0 Å². The summed E-state index contributed by atoms with van der Waals surface area (Å²) in [7, 11) is 0. The van der Waals surface area contributed by atoms with Crippen LogP contribution in [0, 0.1) is 17.6 Å². The fraction of sp³-hybridized carbons (Fsp3) is 0.286. The Bertz CT molecular complexity index is 1160. The van der Waals surface area contributed by atoms with Gasteiger partial charge in [-0.2, -0.15) is 0 Å². The topological polar surface area (TPSA) is 96.5 Å². The summed E-state index contributed by atoms with van der Waals surface area (Å²) >= 11 is 17.9. The van der Waals surface area contributed by atoms with Gasteiger partial charge >= 0.3 is 0 Å². The number of halogens is 5. The van der Waals surface area contributed by atoms with Gasteiger partial charge in [0.15, 0.2) is 5.82 Å². The highest BCUT2D eigenvalue weighted by atomic mass is 35.5. The summed E-state index contributed by atoms with van der Waals surface area (Å²) in [6.45, 7) is 0.388. The van der Waals surface area contributed by atoms with Crippen LogP contribution in [0.5, 0.6) is 0 Å². The predicted molar refractivity (Wildman–Crippen MR) is 120 cm³/mol. The van der Waals surface area contributed by atoms with Crippen LogP contribution in [-0.4, -0.2) is 34.8 Å². The van der Waals surface area contributed by atoms with E-state index in [4.69, 9.17) is 39.5 Å². The van der Waals surface area contributed by atoms with Crippen LogP contribution in [0.3, 0.4) is 0 Å². The molecule has 2 fully saturated rings. The molecule has 33 heavy (non-hydrogen) atoms. The van der Waals surface area contributed by atoms with E-state index in [2.05, 4.69) is 16.0 Å². The maximum absolute atomic E-state index is 14.9. The number of anilines is 3. The smallest absolute Gasteiger partial charge is 0.257 e. The first-order valence-electron chi connectivity index (χ1n) is 9.77. The molecule has 1 saturated carbocycles. The van der Waals surface area contributed by atoms with Crippen molar-refractivity contribution in [2.75, 3.05) is 22.6 Å². The largest absolute Gasteiger partial charge is 0.368 e. The Balaban J connectivity index is 1.50. The van der Waals surface area contributed by atoms with Crippen LogP contribution in [0.1, 0.15) is 23.2 Å². The van der Waals surface area contributed by atoms with E-state index in [1.807, 2.05) is 0 Å². The molecule has 1 unspecified atom stereocenters. The Kier molecular flexibility index (Phi) is 6.50. The van der Waals surface area contributed by atoms with Gasteiger partial charge in [-0.25, -0.2) is 8.78 Å². The Hall–Kier alpha value is -2.46. The molecular weight excluding hydrogens is 503 g/mol. The van der Waals surface area contributed by atoms with Crippen LogP contribution >= 0.6 is 34.8 Å². The summed E-state index contributed by atoms with van der Waals surface area (Å²) in [5, 5.41) is 7.04. The summed E-state index contributed by atoms with van der Waals surface area (Å²) in [5.41, 5.74) is -0.927. The Morgan fingerprint density at radius 1 is 1.03 bits per heavy atom. The van der Waals surface area contributed by atoms with E-state index in [1.54, 1.807) is 0 Å². The van der Waals surface area contributed by atoms with Gasteiger partial charge in [0.1, 0.15) is 21.9 Å². The number of carbonyl (C=O) groups is 3. The maximum atomic E-state index is 14.9. The van der Waals surface area contributed by atoms with Gasteiger partial charge in [0.2, 0.25) is 5.91 Å². The fourth-order valence-electron chi connectivity index (χ4n) is 3.10. The second-order valence-corrected chi connectivity index (χ2v) is 9.53. The second-order valence-electron chi connectivity index (χ2n) is 7.58. The molecule has 1 aliphatic carbocycles. The van der Waals surface area contributed by atoms with Gasteiger partial charge in [0.25, 0.3) is 11.8 Å². The lowest BCUT2D eigenvalue weighted by Gasteiger charge is -2.25. The molecule has 4 rings (SSSR count). The van der Waals surface area contributed by atoms with Crippen LogP contribution in [0.15, 0.2) is 30.3 Å². The molecule has 0 spiro atoms. The number of alkyl halides is 2.